The van der Waals surface area contributed by atoms with Gasteiger partial charge in [-0.25, -0.2) is 0 Å². The Morgan fingerprint density at radius 1 is 0.811 bits per heavy atom. The van der Waals surface area contributed by atoms with Crippen molar-refractivity contribution in [1.29, 1.82) is 5.26 Å². The van der Waals surface area contributed by atoms with E-state index in [-0.39, 0.29) is 5.56 Å². The summed E-state index contributed by atoms with van der Waals surface area (Å²) in [6, 6.07) is 25.7. The number of benzene rings is 3. The van der Waals surface area contributed by atoms with Crippen LogP contribution in [0.5, 0.6) is 11.5 Å². The van der Waals surface area contributed by atoms with Crippen LogP contribution in [0.15, 0.2) is 77.6 Å². The van der Waals surface area contributed by atoms with E-state index in [1.165, 1.54) is 5.69 Å². The molecule has 0 radical (unpaired) electrons. The number of aromatic nitrogens is 1. The first-order chi connectivity index (χ1) is 18.1. The van der Waals surface area contributed by atoms with Crippen molar-refractivity contribution in [3.63, 3.8) is 0 Å². The van der Waals surface area contributed by atoms with E-state index in [0.29, 0.717) is 29.9 Å². The Labute approximate surface area is 216 Å². The molecule has 1 aliphatic rings. The van der Waals surface area contributed by atoms with Gasteiger partial charge in [0.05, 0.1) is 14.2 Å². The molecule has 0 spiro atoms. The minimum atomic E-state index is -0.147. The van der Waals surface area contributed by atoms with E-state index in [4.69, 9.17) is 9.47 Å². The van der Waals surface area contributed by atoms with E-state index >= 15 is 0 Å². The smallest absolute Gasteiger partial charge is 0.259 e. The molecule has 37 heavy (non-hydrogen) atoms. The summed E-state index contributed by atoms with van der Waals surface area (Å²) in [5, 5.41) is 11.6. The van der Waals surface area contributed by atoms with E-state index in [2.05, 4.69) is 28.0 Å². The summed E-state index contributed by atoms with van der Waals surface area (Å²) in [4.78, 5) is 18.3. The minimum absolute atomic E-state index is 0.147. The number of pyridine rings is 1. The second-order valence-electron chi connectivity index (χ2n) is 9.10. The molecule has 0 bridgehead atoms. The fraction of sp³-hybridized carbons (Fsp3) is 0.267. The highest BCUT2D eigenvalue weighted by Crippen LogP contribution is 2.32. The lowest BCUT2D eigenvalue weighted by Crippen LogP contribution is -2.47. The molecule has 0 unspecified atom stereocenters. The zero-order valence-electron chi connectivity index (χ0n) is 21.2. The molecule has 1 aromatic heterocycles. The number of nitriles is 1. The van der Waals surface area contributed by atoms with Crippen LogP contribution in [0.2, 0.25) is 0 Å². The van der Waals surface area contributed by atoms with Crippen LogP contribution in [0, 0.1) is 11.3 Å². The molecule has 0 amide bonds. The summed E-state index contributed by atoms with van der Waals surface area (Å²) in [6.07, 6.45) is 0. The molecule has 188 valence electrons. The van der Waals surface area contributed by atoms with Gasteiger partial charge in [-0.3, -0.25) is 14.3 Å². The van der Waals surface area contributed by atoms with Crippen molar-refractivity contribution < 1.29 is 9.47 Å². The lowest BCUT2D eigenvalue weighted by Gasteiger charge is -2.36. The Morgan fingerprint density at radius 2 is 1.49 bits per heavy atom. The number of ether oxygens (including phenoxy) is 2. The van der Waals surface area contributed by atoms with Crippen molar-refractivity contribution in [2.24, 2.45) is 0 Å². The predicted octanol–water partition coefficient (Wildman–Crippen LogP) is 4.38. The van der Waals surface area contributed by atoms with Gasteiger partial charge in [-0.2, -0.15) is 5.26 Å². The quantitative estimate of drug-likeness (QED) is 0.380. The maximum absolute atomic E-state index is 13.6. The van der Waals surface area contributed by atoms with Gasteiger partial charge in [0.2, 0.25) is 0 Å². The van der Waals surface area contributed by atoms with E-state index in [0.717, 1.165) is 48.4 Å². The van der Waals surface area contributed by atoms with Crippen LogP contribution in [0.25, 0.3) is 21.9 Å². The fourth-order valence-corrected chi connectivity index (χ4v) is 5.04. The molecule has 1 saturated heterocycles. The molecule has 7 heteroatoms. The second-order valence-corrected chi connectivity index (χ2v) is 9.10. The third-order valence-electron chi connectivity index (χ3n) is 7.10. The molecule has 4 aromatic rings. The number of hydrogen-bond acceptors (Lipinski definition) is 6. The average Bonchev–Trinajstić information content (AvgIpc) is 2.97. The van der Waals surface area contributed by atoms with Crippen LogP contribution in [-0.2, 0) is 6.54 Å². The van der Waals surface area contributed by atoms with Crippen LogP contribution in [0.4, 0.5) is 5.69 Å². The molecule has 0 aliphatic carbocycles. The molecular formula is C30H30N4O3. The second kappa shape index (κ2) is 10.8. The fourth-order valence-electron chi connectivity index (χ4n) is 5.04. The van der Waals surface area contributed by atoms with Crippen molar-refractivity contribution in [2.75, 3.05) is 51.8 Å². The van der Waals surface area contributed by atoms with Crippen molar-refractivity contribution in [3.8, 4) is 28.7 Å². The monoisotopic (exact) mass is 494 g/mol. The maximum Gasteiger partial charge on any atom is 0.259 e. The van der Waals surface area contributed by atoms with Gasteiger partial charge in [0.15, 0.2) is 0 Å². The Balaban J connectivity index is 1.41. The van der Waals surface area contributed by atoms with Crippen LogP contribution in [0.1, 0.15) is 5.69 Å². The maximum atomic E-state index is 13.6. The van der Waals surface area contributed by atoms with Crippen molar-refractivity contribution >= 4 is 16.5 Å². The summed E-state index contributed by atoms with van der Waals surface area (Å²) in [5.74, 6) is 1.50. The van der Waals surface area contributed by atoms with Gasteiger partial charge in [-0.05, 0) is 48.0 Å². The number of rotatable bonds is 7. The van der Waals surface area contributed by atoms with Gasteiger partial charge in [-0.1, -0.05) is 30.3 Å². The van der Waals surface area contributed by atoms with Crippen LogP contribution >= 0.6 is 0 Å². The third kappa shape index (κ3) is 4.89. The normalized spacial score (nSPS) is 13.9. The van der Waals surface area contributed by atoms with Crippen LogP contribution < -0.4 is 19.9 Å². The zero-order valence-corrected chi connectivity index (χ0v) is 21.2. The lowest BCUT2D eigenvalue weighted by atomic mass is 9.97. The molecular weight excluding hydrogens is 464 g/mol. The predicted molar refractivity (Wildman–Crippen MR) is 147 cm³/mol. The zero-order chi connectivity index (χ0) is 25.8. The van der Waals surface area contributed by atoms with Gasteiger partial charge in [-0.15, -0.1) is 0 Å². The van der Waals surface area contributed by atoms with E-state index < -0.39 is 0 Å². The highest BCUT2D eigenvalue weighted by molar-refractivity contribution is 5.99. The number of fused-ring (bicyclic) bond motifs is 1. The van der Waals surface area contributed by atoms with Gasteiger partial charge in [0.1, 0.15) is 23.3 Å². The van der Waals surface area contributed by atoms with Crippen LogP contribution in [0.3, 0.4) is 0 Å². The molecule has 7 nitrogen and oxygen atoms in total. The van der Waals surface area contributed by atoms with E-state index in [1.807, 2.05) is 48.5 Å². The summed E-state index contributed by atoms with van der Waals surface area (Å²) >= 11 is 0. The number of anilines is 1. The summed E-state index contributed by atoms with van der Waals surface area (Å²) in [5.41, 5.74) is 3.08. The first-order valence-electron chi connectivity index (χ1n) is 12.4. The first kappa shape index (κ1) is 24.4. The molecule has 2 heterocycles. The molecule has 3 aromatic carbocycles. The first-order valence-corrected chi connectivity index (χ1v) is 12.4. The Hall–Kier alpha value is -4.28. The minimum Gasteiger partial charge on any atom is -0.497 e. The summed E-state index contributed by atoms with van der Waals surface area (Å²) in [7, 11) is 3.27. The lowest BCUT2D eigenvalue weighted by molar-refractivity contribution is 0.247. The molecule has 1 aliphatic heterocycles. The topological polar surface area (TPSA) is 70.7 Å². The van der Waals surface area contributed by atoms with Gasteiger partial charge in [0, 0.05) is 61.3 Å². The number of hydrogen-bond donors (Lipinski definition) is 0. The van der Waals surface area contributed by atoms with Crippen molar-refractivity contribution in [3.05, 3.63) is 88.8 Å². The van der Waals surface area contributed by atoms with Gasteiger partial charge in [0.25, 0.3) is 5.56 Å². The van der Waals surface area contributed by atoms with E-state index in [1.54, 1.807) is 30.9 Å². The molecule has 0 N–H and O–H groups in total. The summed E-state index contributed by atoms with van der Waals surface area (Å²) in [6.45, 7) is 4.73. The third-order valence-corrected chi connectivity index (χ3v) is 7.10. The molecule has 1 fully saturated rings. The summed E-state index contributed by atoms with van der Waals surface area (Å²) < 4.78 is 12.3. The number of piperazine rings is 1. The average molecular weight is 495 g/mol. The van der Waals surface area contributed by atoms with Gasteiger partial charge < -0.3 is 14.4 Å². The Bertz CT molecular complexity index is 1480. The highest BCUT2D eigenvalue weighted by Gasteiger charge is 2.21. The molecule has 0 saturated carbocycles. The Kier molecular flexibility index (Phi) is 7.11. The number of methoxy groups -OCH3 is 2. The molecule has 0 atom stereocenters. The standard InChI is InChI=1S/C30H30N4O3/c1-36-24-10-8-23(9-11-24)33-17-14-32(15-18-33)16-19-34-28(21-31)29(22-6-4-3-5-7-22)27-20-25(37-2)12-13-26(27)30(34)35/h3-13,20H,14-19H2,1-2H3. The van der Waals surface area contributed by atoms with Crippen molar-refractivity contribution in [1.82, 2.24) is 9.47 Å². The molecule has 5 rings (SSSR count). The van der Waals surface area contributed by atoms with Crippen LogP contribution in [-0.4, -0.2) is 56.4 Å². The SMILES string of the molecule is COc1ccc(N2CCN(CCn3c(C#N)c(-c4ccccc4)c4cc(OC)ccc4c3=O)CC2)cc1. The largest absolute Gasteiger partial charge is 0.497 e. The highest BCUT2D eigenvalue weighted by atomic mass is 16.5. The van der Waals surface area contributed by atoms with Gasteiger partial charge >= 0.3 is 0 Å². The van der Waals surface area contributed by atoms with Crippen molar-refractivity contribution in [2.45, 2.75) is 6.54 Å². The van der Waals surface area contributed by atoms with E-state index in [9.17, 15) is 10.1 Å². The number of nitrogens with zero attached hydrogens (tertiary/aromatic N) is 4. The Morgan fingerprint density at radius 3 is 2.14 bits per heavy atom.